The number of rotatable bonds is 6. The largest absolute Gasteiger partial charge is 0.460 e. The first-order valence-corrected chi connectivity index (χ1v) is 16.2. The van der Waals surface area contributed by atoms with E-state index in [1.807, 2.05) is 36.9 Å². The molecule has 3 saturated heterocycles. The highest BCUT2D eigenvalue weighted by atomic mass is 35.5. The lowest BCUT2D eigenvalue weighted by Gasteiger charge is -2.54. The van der Waals surface area contributed by atoms with E-state index in [1.165, 1.54) is 0 Å². The number of fused-ring (bicyclic) bond motifs is 2. The van der Waals surface area contributed by atoms with Gasteiger partial charge in [0.05, 0.1) is 16.7 Å². The molecule has 0 radical (unpaired) electrons. The van der Waals surface area contributed by atoms with Crippen molar-refractivity contribution in [3.05, 3.63) is 40.8 Å². The van der Waals surface area contributed by atoms with Gasteiger partial charge in [-0.3, -0.25) is 9.89 Å². The molecule has 44 heavy (non-hydrogen) atoms. The fourth-order valence-corrected chi connectivity index (χ4v) is 7.59. The molecular formula is C33H39ClFN7O2. The minimum absolute atomic E-state index is 0.0264. The molecule has 2 aromatic heterocycles. The minimum atomic E-state index is -0.486. The average molecular weight is 620 g/mol. The molecule has 2 aromatic carbocycles. The van der Waals surface area contributed by atoms with E-state index in [-0.39, 0.29) is 29.0 Å². The minimum Gasteiger partial charge on any atom is -0.460 e. The SMILES string of the molecule is CCC(=O)N1CC2(CCN(c3nc(OC4CCN(CC)CC4)nc4c(F)c(-c5c(C)ccc6[nH]ncc56)c(Cl)cc34)CC2)C1. The van der Waals surface area contributed by atoms with Crippen molar-refractivity contribution in [2.45, 2.75) is 59.0 Å². The van der Waals surface area contributed by atoms with Crippen LogP contribution in [-0.4, -0.2) is 87.8 Å². The number of nitrogens with zero attached hydrogens (tertiary/aromatic N) is 6. The van der Waals surface area contributed by atoms with E-state index >= 15 is 4.39 Å². The molecule has 1 N–H and O–H groups in total. The molecule has 1 amide bonds. The van der Waals surface area contributed by atoms with Crippen LogP contribution in [0.2, 0.25) is 5.02 Å². The van der Waals surface area contributed by atoms with Gasteiger partial charge in [-0.15, -0.1) is 0 Å². The molecule has 0 atom stereocenters. The number of piperidine rings is 2. The first kappa shape index (κ1) is 29.2. The summed E-state index contributed by atoms with van der Waals surface area (Å²) < 4.78 is 23.2. The van der Waals surface area contributed by atoms with Crippen molar-refractivity contribution < 1.29 is 13.9 Å². The lowest BCUT2D eigenvalue weighted by atomic mass is 9.72. The first-order chi connectivity index (χ1) is 21.3. The van der Waals surface area contributed by atoms with Crippen LogP contribution in [0.3, 0.4) is 0 Å². The normalized spacial score (nSPS) is 19.2. The van der Waals surface area contributed by atoms with Crippen molar-refractivity contribution in [2.75, 3.05) is 50.7 Å². The zero-order valence-electron chi connectivity index (χ0n) is 25.6. The maximum absolute atomic E-state index is 16.8. The lowest BCUT2D eigenvalue weighted by molar-refractivity contribution is -0.144. The molecule has 4 aromatic rings. The van der Waals surface area contributed by atoms with E-state index in [9.17, 15) is 4.79 Å². The lowest BCUT2D eigenvalue weighted by Crippen LogP contribution is -2.61. The van der Waals surface area contributed by atoms with Crippen LogP contribution in [0, 0.1) is 18.2 Å². The Morgan fingerprint density at radius 3 is 2.55 bits per heavy atom. The summed E-state index contributed by atoms with van der Waals surface area (Å²) >= 11 is 6.93. The van der Waals surface area contributed by atoms with Crippen LogP contribution < -0.4 is 9.64 Å². The highest BCUT2D eigenvalue weighted by molar-refractivity contribution is 6.35. The summed E-state index contributed by atoms with van der Waals surface area (Å²) in [6.07, 6.45) is 5.85. The molecule has 3 aliphatic heterocycles. The van der Waals surface area contributed by atoms with Crippen LogP contribution in [0.25, 0.3) is 32.9 Å². The molecular weight excluding hydrogens is 581 g/mol. The highest BCUT2D eigenvalue weighted by Crippen LogP contribution is 2.45. The summed E-state index contributed by atoms with van der Waals surface area (Å²) in [7, 11) is 0. The summed E-state index contributed by atoms with van der Waals surface area (Å²) in [4.78, 5) is 28.4. The van der Waals surface area contributed by atoms with Crippen LogP contribution in [-0.2, 0) is 4.79 Å². The molecule has 0 saturated carbocycles. The Morgan fingerprint density at radius 2 is 1.84 bits per heavy atom. The van der Waals surface area contributed by atoms with Crippen molar-refractivity contribution in [1.29, 1.82) is 0 Å². The molecule has 3 aliphatic rings. The predicted molar refractivity (Wildman–Crippen MR) is 171 cm³/mol. The highest BCUT2D eigenvalue weighted by Gasteiger charge is 2.46. The smallest absolute Gasteiger partial charge is 0.319 e. The van der Waals surface area contributed by atoms with E-state index in [4.69, 9.17) is 26.3 Å². The number of H-pyrrole nitrogens is 1. The number of carbonyl (C=O) groups is 1. The molecule has 232 valence electrons. The van der Waals surface area contributed by atoms with Gasteiger partial charge in [-0.25, -0.2) is 4.39 Å². The van der Waals surface area contributed by atoms with Crippen LogP contribution in [0.1, 0.15) is 51.5 Å². The van der Waals surface area contributed by atoms with E-state index in [2.05, 4.69) is 26.9 Å². The monoisotopic (exact) mass is 619 g/mol. The molecule has 0 aliphatic carbocycles. The van der Waals surface area contributed by atoms with Crippen molar-refractivity contribution in [2.24, 2.45) is 5.41 Å². The molecule has 9 nitrogen and oxygen atoms in total. The standard InChI is InChI=1S/C33H39ClFN7O2/c1-4-26(43)42-18-33(19-42)10-14-41(15-11-33)31-22-16-24(34)28(27-20(3)6-7-25-23(27)17-36-39-25)29(35)30(22)37-32(38-31)44-21-8-12-40(5-2)13-9-21/h6-7,16-17,21H,4-5,8-15,18-19H2,1-3H3,(H,36,39). The summed E-state index contributed by atoms with van der Waals surface area (Å²) in [5, 5.41) is 8.86. The maximum Gasteiger partial charge on any atom is 0.319 e. The third kappa shape index (κ3) is 5.05. The number of likely N-dealkylation sites (tertiary alicyclic amines) is 2. The number of nitrogens with one attached hydrogen (secondary N) is 1. The molecule has 3 fully saturated rings. The van der Waals surface area contributed by atoms with Gasteiger partial charge < -0.3 is 19.4 Å². The van der Waals surface area contributed by atoms with E-state index in [1.54, 1.807) is 6.20 Å². The summed E-state index contributed by atoms with van der Waals surface area (Å²) in [6, 6.07) is 5.89. The number of hydrogen-bond donors (Lipinski definition) is 1. The van der Waals surface area contributed by atoms with Gasteiger partial charge in [0, 0.05) is 73.0 Å². The van der Waals surface area contributed by atoms with Crippen molar-refractivity contribution in [1.82, 2.24) is 30.0 Å². The first-order valence-electron chi connectivity index (χ1n) is 15.8. The topological polar surface area (TPSA) is 90.5 Å². The molecule has 5 heterocycles. The quantitative estimate of drug-likeness (QED) is 0.284. The van der Waals surface area contributed by atoms with E-state index < -0.39 is 5.82 Å². The number of hydrogen-bond acceptors (Lipinski definition) is 7. The van der Waals surface area contributed by atoms with Crippen molar-refractivity contribution >= 4 is 45.1 Å². The molecule has 11 heteroatoms. The van der Waals surface area contributed by atoms with Gasteiger partial charge in [0.2, 0.25) is 5.91 Å². The Bertz CT molecular complexity index is 1720. The van der Waals surface area contributed by atoms with Crippen molar-refractivity contribution in [3.8, 4) is 17.1 Å². The maximum atomic E-state index is 16.8. The molecule has 0 bridgehead atoms. The Balaban J connectivity index is 1.28. The number of amides is 1. The average Bonchev–Trinajstić information content (AvgIpc) is 3.50. The van der Waals surface area contributed by atoms with Gasteiger partial charge >= 0.3 is 6.01 Å². The van der Waals surface area contributed by atoms with Gasteiger partial charge in [0.15, 0.2) is 5.82 Å². The third-order valence-electron chi connectivity index (χ3n) is 10.0. The number of halogens is 2. The van der Waals surface area contributed by atoms with Crippen molar-refractivity contribution in [3.63, 3.8) is 0 Å². The van der Waals surface area contributed by atoms with E-state index in [0.29, 0.717) is 33.8 Å². The second-order valence-electron chi connectivity index (χ2n) is 12.7. The summed E-state index contributed by atoms with van der Waals surface area (Å²) in [5.74, 6) is 0.380. The number of carbonyl (C=O) groups excluding carboxylic acids is 1. The van der Waals surface area contributed by atoms with Crippen LogP contribution in [0.4, 0.5) is 10.2 Å². The number of benzene rings is 2. The Labute approximate surface area is 261 Å². The molecule has 7 rings (SSSR count). The third-order valence-corrected chi connectivity index (χ3v) is 10.3. The number of anilines is 1. The van der Waals surface area contributed by atoms with Gasteiger partial charge in [0.1, 0.15) is 17.4 Å². The second kappa shape index (κ2) is 11.5. The molecule has 0 unspecified atom stereocenters. The Morgan fingerprint density at radius 1 is 1.09 bits per heavy atom. The second-order valence-corrected chi connectivity index (χ2v) is 13.1. The number of aromatic nitrogens is 4. The summed E-state index contributed by atoms with van der Waals surface area (Å²) in [6.45, 7) is 12.1. The fraction of sp³-hybridized carbons (Fsp3) is 0.515. The van der Waals surface area contributed by atoms with Crippen LogP contribution >= 0.6 is 11.6 Å². The van der Waals surface area contributed by atoms with Gasteiger partial charge in [0.25, 0.3) is 0 Å². The fourth-order valence-electron chi connectivity index (χ4n) is 7.31. The zero-order chi connectivity index (χ0) is 30.6. The molecule has 1 spiro atoms. The van der Waals surface area contributed by atoms with Crippen LogP contribution in [0.15, 0.2) is 24.4 Å². The Hall–Kier alpha value is -3.50. The summed E-state index contributed by atoms with van der Waals surface area (Å²) in [5.41, 5.74) is 3.07. The Kier molecular flexibility index (Phi) is 7.61. The zero-order valence-corrected chi connectivity index (χ0v) is 26.4. The predicted octanol–water partition coefficient (Wildman–Crippen LogP) is 5.98. The number of ether oxygens (including phenoxy) is 1. The van der Waals surface area contributed by atoms with Crippen LogP contribution in [0.5, 0.6) is 6.01 Å². The van der Waals surface area contributed by atoms with E-state index in [0.717, 1.165) is 88.0 Å². The van der Waals surface area contributed by atoms with Gasteiger partial charge in [-0.2, -0.15) is 15.1 Å². The van der Waals surface area contributed by atoms with Gasteiger partial charge in [-0.05, 0) is 56.8 Å². The number of aryl methyl sites for hydroxylation is 1. The number of aromatic amines is 1. The van der Waals surface area contributed by atoms with Gasteiger partial charge in [-0.1, -0.05) is 31.5 Å².